The number of nitrogens with zero attached hydrogens (tertiary/aromatic N) is 1. The van der Waals surface area contributed by atoms with E-state index in [0.29, 0.717) is 5.76 Å². The number of hydrogen-bond acceptors (Lipinski definition) is 6. The van der Waals surface area contributed by atoms with E-state index in [1.54, 1.807) is 13.8 Å². The van der Waals surface area contributed by atoms with Gasteiger partial charge in [-0.25, -0.2) is 4.79 Å². The molecule has 1 heterocycles. The maximum atomic E-state index is 12.7. The van der Waals surface area contributed by atoms with Gasteiger partial charge in [-0.3, -0.25) is 0 Å². The molecule has 0 spiro atoms. The molecule has 0 radical (unpaired) electrons. The van der Waals surface area contributed by atoms with Crippen LogP contribution in [0, 0.1) is 11.3 Å². The lowest BCUT2D eigenvalue weighted by Gasteiger charge is -2.28. The van der Waals surface area contributed by atoms with Gasteiger partial charge in [-0.15, -0.1) is 0 Å². The number of benzene rings is 2. The van der Waals surface area contributed by atoms with Gasteiger partial charge in [0, 0.05) is 0 Å². The lowest BCUT2D eigenvalue weighted by atomic mass is 9.79. The monoisotopic (exact) mass is 390 g/mol. The van der Waals surface area contributed by atoms with Crippen molar-refractivity contribution in [2.75, 3.05) is 6.61 Å². The number of hydrogen-bond donors (Lipinski definition) is 2. The predicted octanol–water partition coefficient (Wildman–Crippen LogP) is 3.49. The molecule has 3 N–H and O–H groups in total. The minimum atomic E-state index is -0.721. The van der Waals surface area contributed by atoms with Crippen LogP contribution < -0.4 is 5.73 Å². The van der Waals surface area contributed by atoms with Crippen molar-refractivity contribution in [2.45, 2.75) is 26.4 Å². The van der Waals surface area contributed by atoms with Gasteiger partial charge in [-0.2, -0.15) is 5.26 Å². The second kappa shape index (κ2) is 8.63. The highest BCUT2D eigenvalue weighted by Gasteiger charge is 2.37. The highest BCUT2D eigenvalue weighted by atomic mass is 16.5. The summed E-state index contributed by atoms with van der Waals surface area (Å²) in [4.78, 5) is 12.7. The number of ether oxygens (including phenoxy) is 2. The molecule has 3 rings (SSSR count). The Kier molecular flexibility index (Phi) is 6.01. The normalized spacial score (nSPS) is 16.3. The van der Waals surface area contributed by atoms with E-state index in [-0.39, 0.29) is 30.2 Å². The van der Waals surface area contributed by atoms with Crippen LogP contribution in [-0.4, -0.2) is 17.7 Å². The van der Waals surface area contributed by atoms with E-state index >= 15 is 0 Å². The number of carbonyl (C=O) groups excluding carboxylic acids is 1. The zero-order valence-corrected chi connectivity index (χ0v) is 16.3. The maximum Gasteiger partial charge on any atom is 0.338 e. The van der Waals surface area contributed by atoms with Crippen molar-refractivity contribution in [1.29, 1.82) is 5.26 Å². The van der Waals surface area contributed by atoms with Crippen molar-refractivity contribution < 1.29 is 19.4 Å². The molecule has 0 bridgehead atoms. The van der Waals surface area contributed by atoms with E-state index in [1.165, 1.54) is 0 Å². The smallest absolute Gasteiger partial charge is 0.338 e. The van der Waals surface area contributed by atoms with Gasteiger partial charge in [0.15, 0.2) is 0 Å². The molecule has 0 fully saturated rings. The number of nitrogens with two attached hydrogens (primary N) is 1. The molecule has 6 nitrogen and oxygen atoms in total. The van der Waals surface area contributed by atoms with E-state index in [4.69, 9.17) is 15.2 Å². The average molecular weight is 390 g/mol. The van der Waals surface area contributed by atoms with Crippen molar-refractivity contribution in [3.63, 3.8) is 0 Å². The molecule has 2 aromatic rings. The fraction of sp³-hybridized carbons (Fsp3) is 0.217. The molecule has 0 saturated carbocycles. The molecule has 0 aromatic heterocycles. The van der Waals surface area contributed by atoms with Crippen molar-refractivity contribution in [1.82, 2.24) is 0 Å². The lowest BCUT2D eigenvalue weighted by Crippen LogP contribution is -2.25. The first-order chi connectivity index (χ1) is 14.0. The zero-order valence-electron chi connectivity index (χ0n) is 16.3. The SMILES string of the molecule is CCOC(=O)C1=C(C)OC(N)=C(C#N)C1c1ccccc1-c1cccc(CO)c1. The van der Waals surface area contributed by atoms with Crippen LogP contribution in [0.15, 0.2) is 71.3 Å². The van der Waals surface area contributed by atoms with Crippen LogP contribution in [0.2, 0.25) is 0 Å². The topological polar surface area (TPSA) is 106 Å². The van der Waals surface area contributed by atoms with E-state index < -0.39 is 11.9 Å². The molecule has 29 heavy (non-hydrogen) atoms. The van der Waals surface area contributed by atoms with Crippen molar-refractivity contribution in [2.24, 2.45) is 5.73 Å². The van der Waals surface area contributed by atoms with Crippen molar-refractivity contribution >= 4 is 5.97 Å². The van der Waals surface area contributed by atoms with Crippen LogP contribution in [0.1, 0.15) is 30.9 Å². The first-order valence-electron chi connectivity index (χ1n) is 9.26. The summed E-state index contributed by atoms with van der Waals surface area (Å²) in [5.41, 5.74) is 9.58. The molecule has 1 aliphatic rings. The van der Waals surface area contributed by atoms with Gasteiger partial charge in [0.2, 0.25) is 5.88 Å². The summed E-state index contributed by atoms with van der Waals surface area (Å²) in [6.45, 7) is 3.46. The summed E-state index contributed by atoms with van der Waals surface area (Å²) in [5, 5.41) is 19.3. The first kappa shape index (κ1) is 20.2. The predicted molar refractivity (Wildman–Crippen MR) is 108 cm³/mol. The highest BCUT2D eigenvalue weighted by Crippen LogP contribution is 2.43. The van der Waals surface area contributed by atoms with Crippen molar-refractivity contribution in [3.05, 3.63) is 82.4 Å². The molecule has 1 unspecified atom stereocenters. The van der Waals surface area contributed by atoms with Crippen LogP contribution in [0.4, 0.5) is 0 Å². The summed E-state index contributed by atoms with van der Waals surface area (Å²) >= 11 is 0. The summed E-state index contributed by atoms with van der Waals surface area (Å²) in [6.07, 6.45) is 0. The Bertz CT molecular complexity index is 1050. The molecular formula is C23H22N2O4. The van der Waals surface area contributed by atoms with Crippen LogP contribution in [0.5, 0.6) is 0 Å². The van der Waals surface area contributed by atoms with Gasteiger partial charge in [0.1, 0.15) is 17.4 Å². The Balaban J connectivity index is 2.24. The molecule has 0 amide bonds. The van der Waals surface area contributed by atoms with E-state index in [0.717, 1.165) is 22.3 Å². The van der Waals surface area contributed by atoms with Crippen LogP contribution >= 0.6 is 0 Å². The Labute approximate surface area is 169 Å². The third-order valence-corrected chi connectivity index (χ3v) is 4.79. The Morgan fingerprint density at radius 2 is 2.03 bits per heavy atom. The molecule has 0 aliphatic carbocycles. The molecule has 1 aliphatic heterocycles. The lowest BCUT2D eigenvalue weighted by molar-refractivity contribution is -0.139. The Morgan fingerprint density at radius 1 is 1.28 bits per heavy atom. The van der Waals surface area contributed by atoms with Gasteiger partial charge in [0.05, 0.1) is 24.7 Å². The van der Waals surface area contributed by atoms with E-state index in [1.807, 2.05) is 48.5 Å². The third kappa shape index (κ3) is 3.86. The number of aliphatic hydroxyl groups excluding tert-OH is 1. The number of esters is 1. The summed E-state index contributed by atoms with van der Waals surface area (Å²) in [6, 6.07) is 17.0. The molecule has 148 valence electrons. The number of carbonyl (C=O) groups is 1. The minimum absolute atomic E-state index is 0.0260. The first-order valence-corrected chi connectivity index (χ1v) is 9.26. The van der Waals surface area contributed by atoms with Gasteiger partial charge in [-0.1, -0.05) is 42.5 Å². The number of allylic oxidation sites excluding steroid dienone is 2. The summed E-state index contributed by atoms with van der Waals surface area (Å²) < 4.78 is 10.7. The third-order valence-electron chi connectivity index (χ3n) is 4.79. The fourth-order valence-electron chi connectivity index (χ4n) is 3.51. The number of nitriles is 1. The molecule has 1 atom stereocenters. The second-order valence-electron chi connectivity index (χ2n) is 6.56. The van der Waals surface area contributed by atoms with Crippen molar-refractivity contribution in [3.8, 4) is 17.2 Å². The van der Waals surface area contributed by atoms with Crippen LogP contribution in [-0.2, 0) is 20.9 Å². The maximum absolute atomic E-state index is 12.7. The quantitative estimate of drug-likeness (QED) is 0.757. The molecular weight excluding hydrogens is 368 g/mol. The largest absolute Gasteiger partial charge is 0.463 e. The number of aliphatic hydroxyl groups is 1. The Morgan fingerprint density at radius 3 is 2.72 bits per heavy atom. The molecule has 6 heteroatoms. The highest BCUT2D eigenvalue weighted by molar-refractivity contribution is 5.93. The van der Waals surface area contributed by atoms with Gasteiger partial charge in [0.25, 0.3) is 0 Å². The Hall–Kier alpha value is -3.56. The average Bonchev–Trinajstić information content (AvgIpc) is 2.73. The van der Waals surface area contributed by atoms with E-state index in [9.17, 15) is 15.2 Å². The molecule has 0 saturated heterocycles. The second-order valence-corrected chi connectivity index (χ2v) is 6.56. The minimum Gasteiger partial charge on any atom is -0.463 e. The summed E-state index contributed by atoms with van der Waals surface area (Å²) in [5.74, 6) is -0.984. The van der Waals surface area contributed by atoms with Crippen LogP contribution in [0.25, 0.3) is 11.1 Å². The summed E-state index contributed by atoms with van der Waals surface area (Å²) in [7, 11) is 0. The molecule has 2 aromatic carbocycles. The fourth-order valence-corrected chi connectivity index (χ4v) is 3.51. The van der Waals surface area contributed by atoms with Gasteiger partial charge >= 0.3 is 5.97 Å². The van der Waals surface area contributed by atoms with E-state index in [2.05, 4.69) is 6.07 Å². The standard InChI is InChI=1S/C23H22N2O4/c1-3-28-23(27)20-14(2)29-22(25)19(12-24)21(20)18-10-5-4-9-17(18)16-8-6-7-15(11-16)13-26/h4-11,21,26H,3,13,25H2,1-2H3. The number of rotatable bonds is 5. The zero-order chi connectivity index (χ0) is 21.0. The van der Waals surface area contributed by atoms with Gasteiger partial charge < -0.3 is 20.3 Å². The van der Waals surface area contributed by atoms with Crippen LogP contribution in [0.3, 0.4) is 0 Å². The van der Waals surface area contributed by atoms with Gasteiger partial charge in [-0.05, 0) is 42.2 Å².